The molecule has 2 N–H and O–H groups in total. The molecule has 3 aromatic rings. The molecule has 1 aromatic carbocycles. The first kappa shape index (κ1) is 17.8. The van der Waals surface area contributed by atoms with Gasteiger partial charge in [0.1, 0.15) is 17.0 Å². The highest BCUT2D eigenvalue weighted by Crippen LogP contribution is 2.48. The van der Waals surface area contributed by atoms with Gasteiger partial charge in [0.15, 0.2) is 5.22 Å². The van der Waals surface area contributed by atoms with Crippen LogP contribution in [0.4, 0.5) is 5.69 Å². The first-order valence-electron chi connectivity index (χ1n) is 9.06. The average molecular weight is 409 g/mol. The van der Waals surface area contributed by atoms with E-state index in [2.05, 4.69) is 9.98 Å². The molecule has 1 amide bonds. The molecule has 0 saturated heterocycles. The summed E-state index contributed by atoms with van der Waals surface area (Å²) in [6.45, 7) is 0.431. The fourth-order valence-electron chi connectivity index (χ4n) is 4.11. The Bertz CT molecular complexity index is 1170. The molecule has 0 fully saturated rings. The van der Waals surface area contributed by atoms with Crippen LogP contribution in [0.25, 0.3) is 0 Å². The van der Waals surface area contributed by atoms with Crippen molar-refractivity contribution < 1.29 is 13.9 Å². The summed E-state index contributed by atoms with van der Waals surface area (Å²) in [5.74, 6) is 1.24. The van der Waals surface area contributed by atoms with Gasteiger partial charge in [-0.2, -0.15) is 0 Å². The first-order chi connectivity index (χ1) is 14.0. The summed E-state index contributed by atoms with van der Waals surface area (Å²) in [7, 11) is 1.54. The number of carbonyl (C=O) groups excluding carboxylic acids is 1. The van der Waals surface area contributed by atoms with Crippen LogP contribution < -0.4 is 15.4 Å². The lowest BCUT2D eigenvalue weighted by molar-refractivity contribution is -0.121. The van der Waals surface area contributed by atoms with Crippen molar-refractivity contribution in [2.45, 2.75) is 12.0 Å². The number of fused-ring (bicyclic) bond motifs is 4. The van der Waals surface area contributed by atoms with Gasteiger partial charge in [0.05, 0.1) is 25.9 Å². The number of para-hydroxylation sites is 1. The van der Waals surface area contributed by atoms with Gasteiger partial charge >= 0.3 is 0 Å². The van der Waals surface area contributed by atoms with E-state index < -0.39 is 5.41 Å². The van der Waals surface area contributed by atoms with Gasteiger partial charge in [0.25, 0.3) is 0 Å². The van der Waals surface area contributed by atoms with Crippen molar-refractivity contribution >= 4 is 29.0 Å². The van der Waals surface area contributed by atoms with Gasteiger partial charge in [0, 0.05) is 17.3 Å². The van der Waals surface area contributed by atoms with Gasteiger partial charge < -0.3 is 19.8 Å². The molecule has 2 aliphatic rings. The van der Waals surface area contributed by atoms with E-state index in [4.69, 9.17) is 26.5 Å². The van der Waals surface area contributed by atoms with E-state index in [9.17, 15) is 4.79 Å². The van der Waals surface area contributed by atoms with Crippen LogP contribution >= 0.6 is 11.6 Å². The van der Waals surface area contributed by atoms with Gasteiger partial charge in [-0.25, -0.2) is 4.98 Å². The molecule has 2 aliphatic heterocycles. The molecular formula is C21H17ClN4O3. The fourth-order valence-corrected chi connectivity index (χ4v) is 4.27. The maximum atomic E-state index is 13.9. The number of amides is 1. The summed E-state index contributed by atoms with van der Waals surface area (Å²) in [6.07, 6.45) is 0. The van der Waals surface area contributed by atoms with Crippen LogP contribution in [-0.4, -0.2) is 30.4 Å². The SMILES string of the molecule is COc1ccc2c(n1)C1(CN=C2N)C(=O)N(Cc2ccc(Cl)o2)c2ccccc21. The number of carbonyl (C=O) groups is 1. The number of halogens is 1. The lowest BCUT2D eigenvalue weighted by Crippen LogP contribution is -2.47. The molecule has 2 aromatic heterocycles. The maximum Gasteiger partial charge on any atom is 0.246 e. The molecule has 0 aliphatic carbocycles. The number of amidine groups is 1. The lowest BCUT2D eigenvalue weighted by Gasteiger charge is -2.31. The molecule has 5 rings (SSSR count). The predicted octanol–water partition coefficient (Wildman–Crippen LogP) is 2.89. The van der Waals surface area contributed by atoms with Crippen LogP contribution in [0.2, 0.25) is 5.22 Å². The van der Waals surface area contributed by atoms with E-state index in [1.807, 2.05) is 24.3 Å². The Kier molecular flexibility index (Phi) is 3.89. The molecule has 4 heterocycles. The summed E-state index contributed by atoms with van der Waals surface area (Å²) in [6, 6.07) is 14.6. The normalized spacial score (nSPS) is 19.9. The topological polar surface area (TPSA) is 93.9 Å². The molecule has 0 saturated carbocycles. The van der Waals surface area contributed by atoms with Crippen molar-refractivity contribution in [3.8, 4) is 5.88 Å². The van der Waals surface area contributed by atoms with Crippen LogP contribution in [-0.2, 0) is 16.8 Å². The Labute approximate surface area is 171 Å². The second kappa shape index (κ2) is 6.35. The van der Waals surface area contributed by atoms with Gasteiger partial charge in [-0.05, 0) is 41.4 Å². The zero-order chi connectivity index (χ0) is 20.2. The smallest absolute Gasteiger partial charge is 0.246 e. The minimum absolute atomic E-state index is 0.135. The molecule has 8 heteroatoms. The number of aliphatic imine (C=N–C) groups is 1. The van der Waals surface area contributed by atoms with E-state index >= 15 is 0 Å². The highest BCUT2D eigenvalue weighted by molar-refractivity contribution is 6.28. The number of ether oxygens (including phenoxy) is 1. The van der Waals surface area contributed by atoms with Crippen molar-refractivity contribution in [1.82, 2.24) is 4.98 Å². The van der Waals surface area contributed by atoms with Crippen molar-refractivity contribution in [2.24, 2.45) is 10.7 Å². The standard InChI is InChI=1S/C21H17ClN4O3/c1-28-17-9-7-13-18(25-17)21(11-24-19(13)23)14-4-2-3-5-15(14)26(20(21)27)10-12-6-8-16(22)29-12/h2-9H,10-11H2,1H3,(H2,23,24). The van der Waals surface area contributed by atoms with Gasteiger partial charge in [0.2, 0.25) is 11.8 Å². The number of nitrogens with two attached hydrogens (primary N) is 1. The molecule has 0 bridgehead atoms. The fraction of sp³-hybridized carbons (Fsp3) is 0.190. The first-order valence-corrected chi connectivity index (χ1v) is 9.44. The monoisotopic (exact) mass is 408 g/mol. The Hall–Kier alpha value is -3.32. The van der Waals surface area contributed by atoms with Crippen molar-refractivity contribution in [3.05, 3.63) is 76.3 Å². The van der Waals surface area contributed by atoms with Crippen molar-refractivity contribution in [2.75, 3.05) is 18.6 Å². The zero-order valence-corrected chi connectivity index (χ0v) is 16.3. The second-order valence-corrected chi connectivity index (χ2v) is 7.34. The highest BCUT2D eigenvalue weighted by atomic mass is 35.5. The Morgan fingerprint density at radius 1 is 1.24 bits per heavy atom. The van der Waals surface area contributed by atoms with E-state index in [0.717, 1.165) is 11.3 Å². The van der Waals surface area contributed by atoms with Gasteiger partial charge in [-0.15, -0.1) is 0 Å². The highest BCUT2D eigenvalue weighted by Gasteiger charge is 2.55. The second-order valence-electron chi connectivity index (χ2n) is 6.97. The van der Waals surface area contributed by atoms with Crippen LogP contribution in [0, 0.1) is 0 Å². The number of nitrogens with zero attached hydrogens (tertiary/aromatic N) is 3. The summed E-state index contributed by atoms with van der Waals surface area (Å²) >= 11 is 5.92. The minimum atomic E-state index is -1.07. The van der Waals surface area contributed by atoms with Crippen molar-refractivity contribution in [1.29, 1.82) is 0 Å². The van der Waals surface area contributed by atoms with Gasteiger partial charge in [-0.3, -0.25) is 9.79 Å². The Balaban J connectivity index is 1.71. The van der Waals surface area contributed by atoms with E-state index in [0.29, 0.717) is 28.7 Å². The lowest BCUT2D eigenvalue weighted by atomic mass is 9.75. The molecule has 1 spiro atoms. The maximum absolute atomic E-state index is 13.9. The van der Waals surface area contributed by atoms with Crippen LogP contribution in [0.15, 0.2) is 57.9 Å². The molecule has 1 atom stereocenters. The van der Waals surface area contributed by atoms with E-state index in [-0.39, 0.29) is 24.2 Å². The average Bonchev–Trinajstić information content (AvgIpc) is 3.26. The quantitative estimate of drug-likeness (QED) is 0.719. The molecular weight excluding hydrogens is 392 g/mol. The molecule has 146 valence electrons. The van der Waals surface area contributed by atoms with Crippen LogP contribution in [0.1, 0.15) is 22.6 Å². The van der Waals surface area contributed by atoms with Crippen molar-refractivity contribution in [3.63, 3.8) is 0 Å². The molecule has 7 nitrogen and oxygen atoms in total. The Morgan fingerprint density at radius 2 is 2.07 bits per heavy atom. The Morgan fingerprint density at radius 3 is 2.83 bits per heavy atom. The number of hydrogen-bond acceptors (Lipinski definition) is 6. The largest absolute Gasteiger partial charge is 0.481 e. The minimum Gasteiger partial charge on any atom is -0.481 e. The third-order valence-electron chi connectivity index (χ3n) is 5.45. The number of benzene rings is 1. The van der Waals surface area contributed by atoms with Crippen LogP contribution in [0.5, 0.6) is 5.88 Å². The van der Waals surface area contributed by atoms with E-state index in [1.165, 1.54) is 0 Å². The zero-order valence-electron chi connectivity index (χ0n) is 15.6. The molecule has 0 radical (unpaired) electrons. The number of hydrogen-bond donors (Lipinski definition) is 1. The summed E-state index contributed by atoms with van der Waals surface area (Å²) in [5.41, 5.74) is 7.88. The number of pyridine rings is 1. The molecule has 29 heavy (non-hydrogen) atoms. The van der Waals surface area contributed by atoms with E-state index in [1.54, 1.807) is 36.3 Å². The van der Waals surface area contributed by atoms with Crippen LogP contribution in [0.3, 0.4) is 0 Å². The number of aromatic nitrogens is 1. The number of anilines is 1. The summed E-state index contributed by atoms with van der Waals surface area (Å²) < 4.78 is 10.8. The number of rotatable bonds is 3. The predicted molar refractivity (Wildman–Crippen MR) is 109 cm³/mol. The third kappa shape index (κ3) is 2.47. The molecule has 1 unspecified atom stereocenters. The summed E-state index contributed by atoms with van der Waals surface area (Å²) in [4.78, 5) is 24.7. The summed E-state index contributed by atoms with van der Waals surface area (Å²) in [5, 5.41) is 0.279. The van der Waals surface area contributed by atoms with Gasteiger partial charge in [-0.1, -0.05) is 18.2 Å². The number of methoxy groups -OCH3 is 1. The number of furan rings is 1. The third-order valence-corrected chi connectivity index (χ3v) is 5.66.